The minimum absolute atomic E-state index is 0.141. The standard InChI is InChI=1S/C16H28O12/c1-2-3-9(19)25-5-8-10(20)12(22)13(23)15(26-8)28-16(6-18)14(24)11(21)7(4-17)27-16/h7-8,10-15,17-18,20-24H,2-6H2,1H3/t7-,8-,10-,11-,12+,13-,14+,15-,16+/m1/s1. The van der Waals surface area contributed by atoms with Crippen LogP contribution in [-0.4, -0.2) is 116 Å². The van der Waals surface area contributed by atoms with Crippen molar-refractivity contribution < 1.29 is 59.5 Å². The fourth-order valence-electron chi connectivity index (χ4n) is 3.07. The predicted octanol–water partition coefficient (Wildman–Crippen LogP) is -4.04. The van der Waals surface area contributed by atoms with E-state index in [2.05, 4.69) is 0 Å². The lowest BCUT2D eigenvalue weighted by molar-refractivity contribution is -0.383. The van der Waals surface area contributed by atoms with Crippen LogP contribution in [0, 0.1) is 0 Å². The minimum atomic E-state index is -2.26. The second kappa shape index (κ2) is 9.71. The molecule has 0 amide bonds. The van der Waals surface area contributed by atoms with Crippen molar-refractivity contribution >= 4 is 5.97 Å². The highest BCUT2D eigenvalue weighted by Crippen LogP contribution is 2.36. The van der Waals surface area contributed by atoms with Gasteiger partial charge in [-0.25, -0.2) is 0 Å². The molecule has 0 saturated carbocycles. The minimum Gasteiger partial charge on any atom is -0.463 e. The highest BCUT2D eigenvalue weighted by atomic mass is 16.8. The molecular formula is C16H28O12. The van der Waals surface area contributed by atoms with E-state index in [0.717, 1.165) is 0 Å². The summed E-state index contributed by atoms with van der Waals surface area (Å²) in [5.41, 5.74) is 0. The topological polar surface area (TPSA) is 196 Å². The van der Waals surface area contributed by atoms with Crippen molar-refractivity contribution in [2.24, 2.45) is 0 Å². The number of hydrogen-bond donors (Lipinski definition) is 7. The molecule has 12 heteroatoms. The molecule has 9 atom stereocenters. The normalized spacial score (nSPS) is 43.9. The number of esters is 1. The largest absolute Gasteiger partial charge is 0.463 e. The fourth-order valence-corrected chi connectivity index (χ4v) is 3.07. The third-order valence-corrected chi connectivity index (χ3v) is 4.75. The van der Waals surface area contributed by atoms with Gasteiger partial charge in [0.25, 0.3) is 0 Å². The molecule has 0 aromatic heterocycles. The molecule has 164 valence electrons. The average molecular weight is 412 g/mol. The molecule has 0 aromatic carbocycles. The summed E-state index contributed by atoms with van der Waals surface area (Å²) in [6, 6.07) is 0. The first-order chi connectivity index (χ1) is 13.2. The smallest absolute Gasteiger partial charge is 0.305 e. The number of carbonyl (C=O) groups excluding carboxylic acids is 1. The van der Waals surface area contributed by atoms with Gasteiger partial charge in [-0.15, -0.1) is 0 Å². The predicted molar refractivity (Wildman–Crippen MR) is 87.4 cm³/mol. The first kappa shape index (κ1) is 23.3. The Labute approximate surface area is 160 Å². The second-order valence-corrected chi connectivity index (χ2v) is 6.81. The summed E-state index contributed by atoms with van der Waals surface area (Å²) in [6.45, 7) is -0.342. The van der Waals surface area contributed by atoms with Crippen LogP contribution in [0.2, 0.25) is 0 Å². The zero-order valence-electron chi connectivity index (χ0n) is 15.3. The Hall–Kier alpha value is -0.930. The van der Waals surface area contributed by atoms with E-state index in [1.165, 1.54) is 0 Å². The SMILES string of the molecule is CCCC(=O)OC[C@H]1O[C@H](O[C@]2(CO)O[C@H](CO)[C@@H](O)[C@@H]2O)[C@H](O)[C@@H](O)[C@@H]1O. The maximum absolute atomic E-state index is 11.5. The number of ether oxygens (including phenoxy) is 4. The van der Waals surface area contributed by atoms with Crippen molar-refractivity contribution in [2.45, 2.75) is 74.6 Å². The summed E-state index contributed by atoms with van der Waals surface area (Å²) in [5, 5.41) is 69.1. The molecular weight excluding hydrogens is 384 g/mol. The Bertz CT molecular complexity index is 518. The van der Waals surface area contributed by atoms with Gasteiger partial charge in [0, 0.05) is 6.42 Å². The van der Waals surface area contributed by atoms with Crippen LogP contribution in [-0.2, 0) is 23.7 Å². The van der Waals surface area contributed by atoms with E-state index in [1.54, 1.807) is 6.92 Å². The Balaban J connectivity index is 2.11. The lowest BCUT2D eigenvalue weighted by Crippen LogP contribution is -2.62. The van der Waals surface area contributed by atoms with Crippen molar-refractivity contribution in [3.63, 3.8) is 0 Å². The van der Waals surface area contributed by atoms with Gasteiger partial charge in [-0.05, 0) is 6.42 Å². The lowest BCUT2D eigenvalue weighted by Gasteiger charge is -2.43. The molecule has 0 radical (unpaired) electrons. The summed E-state index contributed by atoms with van der Waals surface area (Å²) in [5.74, 6) is -2.81. The number of carbonyl (C=O) groups is 1. The van der Waals surface area contributed by atoms with Gasteiger partial charge in [0.05, 0.1) is 6.61 Å². The van der Waals surface area contributed by atoms with Crippen LogP contribution in [0.1, 0.15) is 19.8 Å². The molecule has 0 bridgehead atoms. The molecule has 0 aromatic rings. The third-order valence-electron chi connectivity index (χ3n) is 4.75. The number of aliphatic hydroxyl groups excluding tert-OH is 7. The Morgan fingerprint density at radius 2 is 1.68 bits per heavy atom. The van der Waals surface area contributed by atoms with Crippen molar-refractivity contribution in [2.75, 3.05) is 19.8 Å². The molecule has 28 heavy (non-hydrogen) atoms. The highest BCUT2D eigenvalue weighted by molar-refractivity contribution is 5.69. The van der Waals surface area contributed by atoms with Crippen molar-refractivity contribution in [3.05, 3.63) is 0 Å². The fraction of sp³-hybridized carbons (Fsp3) is 0.938. The summed E-state index contributed by atoms with van der Waals surface area (Å²) < 4.78 is 20.8. The highest BCUT2D eigenvalue weighted by Gasteiger charge is 2.58. The monoisotopic (exact) mass is 412 g/mol. The molecule has 7 N–H and O–H groups in total. The zero-order chi connectivity index (χ0) is 21.1. The Morgan fingerprint density at radius 1 is 1.00 bits per heavy atom. The van der Waals surface area contributed by atoms with Gasteiger partial charge in [0.1, 0.15) is 55.9 Å². The van der Waals surface area contributed by atoms with E-state index in [1.807, 2.05) is 0 Å². The summed E-state index contributed by atoms with van der Waals surface area (Å²) >= 11 is 0. The molecule has 2 heterocycles. The van der Waals surface area contributed by atoms with Gasteiger partial charge in [0.15, 0.2) is 6.29 Å². The van der Waals surface area contributed by atoms with Crippen LogP contribution in [0.15, 0.2) is 0 Å². The second-order valence-electron chi connectivity index (χ2n) is 6.81. The Morgan fingerprint density at radius 3 is 2.21 bits per heavy atom. The Kier molecular flexibility index (Phi) is 8.10. The molecule has 12 nitrogen and oxygen atoms in total. The van der Waals surface area contributed by atoms with Crippen molar-refractivity contribution in [1.82, 2.24) is 0 Å². The van der Waals surface area contributed by atoms with Gasteiger partial charge < -0.3 is 54.7 Å². The molecule has 2 aliphatic rings. The first-order valence-electron chi connectivity index (χ1n) is 8.99. The molecule has 2 rings (SSSR count). The third kappa shape index (κ3) is 4.62. The molecule has 2 aliphatic heterocycles. The van der Waals surface area contributed by atoms with Crippen LogP contribution < -0.4 is 0 Å². The molecule has 0 aliphatic carbocycles. The van der Waals surface area contributed by atoms with Gasteiger partial charge in [-0.2, -0.15) is 0 Å². The summed E-state index contributed by atoms with van der Waals surface area (Å²) in [7, 11) is 0. The first-order valence-corrected chi connectivity index (χ1v) is 8.99. The molecule has 2 saturated heterocycles. The van der Waals surface area contributed by atoms with Gasteiger partial charge in [0.2, 0.25) is 5.79 Å². The average Bonchev–Trinajstić information content (AvgIpc) is 2.92. The molecule has 2 fully saturated rings. The van der Waals surface area contributed by atoms with E-state index < -0.39 is 80.6 Å². The van der Waals surface area contributed by atoms with Crippen LogP contribution in [0.4, 0.5) is 0 Å². The number of rotatable bonds is 8. The lowest BCUT2D eigenvalue weighted by atomic mass is 9.99. The van der Waals surface area contributed by atoms with E-state index >= 15 is 0 Å². The van der Waals surface area contributed by atoms with Crippen LogP contribution in [0.5, 0.6) is 0 Å². The van der Waals surface area contributed by atoms with E-state index in [4.69, 9.17) is 18.9 Å². The van der Waals surface area contributed by atoms with Crippen molar-refractivity contribution in [3.8, 4) is 0 Å². The van der Waals surface area contributed by atoms with Crippen LogP contribution >= 0.6 is 0 Å². The van der Waals surface area contributed by atoms with Crippen LogP contribution in [0.3, 0.4) is 0 Å². The van der Waals surface area contributed by atoms with Gasteiger partial charge in [-0.1, -0.05) is 6.92 Å². The zero-order valence-corrected chi connectivity index (χ0v) is 15.3. The van der Waals surface area contributed by atoms with E-state index in [-0.39, 0.29) is 6.42 Å². The van der Waals surface area contributed by atoms with E-state index in [0.29, 0.717) is 6.42 Å². The van der Waals surface area contributed by atoms with Gasteiger partial charge >= 0.3 is 5.97 Å². The number of aliphatic hydroxyl groups is 7. The maximum atomic E-state index is 11.5. The quantitative estimate of drug-likeness (QED) is 0.191. The molecule has 0 unspecified atom stereocenters. The number of hydrogen-bond acceptors (Lipinski definition) is 12. The van der Waals surface area contributed by atoms with Crippen molar-refractivity contribution in [1.29, 1.82) is 0 Å². The van der Waals surface area contributed by atoms with Gasteiger partial charge in [-0.3, -0.25) is 4.79 Å². The van der Waals surface area contributed by atoms with Crippen LogP contribution in [0.25, 0.3) is 0 Å². The summed E-state index contributed by atoms with van der Waals surface area (Å²) in [6.07, 6.45) is -12.2. The maximum Gasteiger partial charge on any atom is 0.305 e. The molecule has 0 spiro atoms. The van der Waals surface area contributed by atoms with E-state index in [9.17, 15) is 40.5 Å². The summed E-state index contributed by atoms with van der Waals surface area (Å²) in [4.78, 5) is 11.5.